The second kappa shape index (κ2) is 10.9. The number of hydrogen-bond acceptors (Lipinski definition) is 5. The molecule has 0 spiro atoms. The number of aliphatic hydroxyl groups is 1. The van der Waals surface area contributed by atoms with Crippen LogP contribution in [0, 0.1) is 0 Å². The summed E-state index contributed by atoms with van der Waals surface area (Å²) in [6, 6.07) is 0. The molecule has 0 bridgehead atoms. The van der Waals surface area contributed by atoms with Crippen LogP contribution in [0.4, 0.5) is 0 Å². The lowest BCUT2D eigenvalue weighted by Crippen LogP contribution is -2.34. The highest BCUT2D eigenvalue weighted by atomic mass is 16.5. The first kappa shape index (κ1) is 15.3. The molecule has 5 heteroatoms. The summed E-state index contributed by atoms with van der Waals surface area (Å²) in [5.41, 5.74) is 0. The molecule has 0 radical (unpaired) electrons. The van der Waals surface area contributed by atoms with Gasteiger partial charge in [0.05, 0.1) is 33.0 Å². The van der Waals surface area contributed by atoms with Gasteiger partial charge in [0.15, 0.2) is 0 Å². The molecule has 0 saturated carbocycles. The summed E-state index contributed by atoms with van der Waals surface area (Å²) in [5, 5.41) is 8.54. The zero-order chi connectivity index (χ0) is 12.2. The molecule has 16 heavy (non-hydrogen) atoms. The Bertz CT molecular complexity index is 175. The number of carbonyl (C=O) groups is 1. The van der Waals surface area contributed by atoms with Crippen LogP contribution in [0.3, 0.4) is 0 Å². The first-order chi connectivity index (χ1) is 7.74. The maximum atomic E-state index is 11.3. The van der Waals surface area contributed by atoms with E-state index in [2.05, 4.69) is 6.92 Å². The summed E-state index contributed by atoms with van der Waals surface area (Å²) in [6.07, 6.45) is 0.986. The minimum atomic E-state index is -0.196. The van der Waals surface area contributed by atoms with Crippen molar-refractivity contribution in [2.45, 2.75) is 20.3 Å². The lowest BCUT2D eigenvalue weighted by atomic mass is 10.4. The molecule has 0 atom stereocenters. The molecule has 0 aromatic rings. The van der Waals surface area contributed by atoms with Crippen molar-refractivity contribution >= 4 is 5.97 Å². The molecule has 0 heterocycles. The molecule has 0 rings (SSSR count). The van der Waals surface area contributed by atoms with Crippen LogP contribution in [0.25, 0.3) is 0 Å². The molecule has 5 nitrogen and oxygen atoms in total. The van der Waals surface area contributed by atoms with Crippen molar-refractivity contribution in [3.63, 3.8) is 0 Å². The Kier molecular flexibility index (Phi) is 10.4. The molecule has 0 fully saturated rings. The molecule has 96 valence electrons. The number of hydrogen-bond donors (Lipinski definition) is 1. The van der Waals surface area contributed by atoms with E-state index in [9.17, 15) is 4.79 Å². The maximum Gasteiger partial charge on any atom is 0.320 e. The number of nitrogens with zero attached hydrogens (tertiary/aromatic N) is 1. The monoisotopic (exact) mass is 233 g/mol. The van der Waals surface area contributed by atoms with Crippen LogP contribution in [-0.4, -0.2) is 62.0 Å². The fraction of sp³-hybridized carbons (Fsp3) is 0.909. The van der Waals surface area contributed by atoms with Gasteiger partial charge in [0.1, 0.15) is 0 Å². The Labute approximate surface area is 97.3 Å². The molecule has 0 aliphatic rings. The third-order valence-corrected chi connectivity index (χ3v) is 1.99. The molecule has 0 unspecified atom stereocenters. The molecule has 0 aromatic carbocycles. The zero-order valence-electron chi connectivity index (χ0n) is 10.3. The highest BCUT2D eigenvalue weighted by Gasteiger charge is 2.10. The van der Waals surface area contributed by atoms with Gasteiger partial charge in [0.2, 0.25) is 0 Å². The van der Waals surface area contributed by atoms with Gasteiger partial charge in [0, 0.05) is 6.54 Å². The summed E-state index contributed by atoms with van der Waals surface area (Å²) in [6.45, 7) is 7.03. The minimum Gasteiger partial charge on any atom is -0.465 e. The van der Waals surface area contributed by atoms with E-state index in [1.54, 1.807) is 6.92 Å². The van der Waals surface area contributed by atoms with E-state index in [4.69, 9.17) is 14.6 Å². The van der Waals surface area contributed by atoms with Gasteiger partial charge in [-0.3, -0.25) is 9.69 Å². The number of aliphatic hydroxyl groups excluding tert-OH is 1. The fourth-order valence-corrected chi connectivity index (χ4v) is 1.34. The number of carbonyl (C=O) groups excluding carboxylic acids is 1. The average molecular weight is 233 g/mol. The zero-order valence-corrected chi connectivity index (χ0v) is 10.3. The normalized spacial score (nSPS) is 10.8. The Balaban J connectivity index is 3.73. The molecule has 0 amide bonds. The van der Waals surface area contributed by atoms with Gasteiger partial charge in [-0.2, -0.15) is 0 Å². The summed E-state index contributed by atoms with van der Waals surface area (Å²) < 4.78 is 10.0. The summed E-state index contributed by atoms with van der Waals surface area (Å²) in [5.74, 6) is -0.196. The largest absolute Gasteiger partial charge is 0.465 e. The van der Waals surface area contributed by atoms with Gasteiger partial charge in [0.25, 0.3) is 0 Å². The smallest absolute Gasteiger partial charge is 0.320 e. The average Bonchev–Trinajstić information content (AvgIpc) is 2.25. The van der Waals surface area contributed by atoms with E-state index in [1.165, 1.54) is 0 Å². The van der Waals surface area contributed by atoms with Crippen molar-refractivity contribution in [3.8, 4) is 0 Å². The van der Waals surface area contributed by atoms with E-state index in [0.29, 0.717) is 32.9 Å². The first-order valence-electron chi connectivity index (χ1n) is 5.81. The Morgan fingerprint density at radius 2 is 2.00 bits per heavy atom. The molecule has 0 saturated heterocycles. The second-order valence-electron chi connectivity index (χ2n) is 3.42. The number of ether oxygens (including phenoxy) is 2. The Morgan fingerprint density at radius 3 is 2.56 bits per heavy atom. The van der Waals surface area contributed by atoms with Crippen molar-refractivity contribution in [2.24, 2.45) is 0 Å². The first-order valence-corrected chi connectivity index (χ1v) is 5.81. The Morgan fingerprint density at radius 1 is 1.25 bits per heavy atom. The van der Waals surface area contributed by atoms with Crippen LogP contribution in [-0.2, 0) is 14.3 Å². The van der Waals surface area contributed by atoms with Crippen molar-refractivity contribution in [2.75, 3.05) is 46.1 Å². The van der Waals surface area contributed by atoms with E-state index in [1.807, 2.05) is 4.90 Å². The molecule has 0 aliphatic heterocycles. The summed E-state index contributed by atoms with van der Waals surface area (Å²) in [7, 11) is 0. The number of rotatable bonds is 10. The van der Waals surface area contributed by atoms with Crippen LogP contribution in [0.5, 0.6) is 0 Å². The van der Waals surface area contributed by atoms with Crippen molar-refractivity contribution in [1.82, 2.24) is 4.90 Å². The van der Waals surface area contributed by atoms with E-state index >= 15 is 0 Å². The topological polar surface area (TPSA) is 59.0 Å². The van der Waals surface area contributed by atoms with Crippen molar-refractivity contribution in [3.05, 3.63) is 0 Å². The third kappa shape index (κ3) is 8.64. The predicted molar refractivity (Wildman–Crippen MR) is 61.3 cm³/mol. The van der Waals surface area contributed by atoms with E-state index in [0.717, 1.165) is 13.0 Å². The molecular weight excluding hydrogens is 210 g/mol. The second-order valence-corrected chi connectivity index (χ2v) is 3.42. The molecule has 0 aromatic heterocycles. The lowest BCUT2D eigenvalue weighted by molar-refractivity contribution is -0.144. The fourth-order valence-electron chi connectivity index (χ4n) is 1.34. The van der Waals surface area contributed by atoms with Gasteiger partial charge in [-0.15, -0.1) is 0 Å². The highest BCUT2D eigenvalue weighted by Crippen LogP contribution is 1.93. The predicted octanol–water partition coefficient (Wildman–Crippen LogP) is 0.270. The van der Waals surface area contributed by atoms with Gasteiger partial charge < -0.3 is 14.6 Å². The van der Waals surface area contributed by atoms with E-state index in [-0.39, 0.29) is 12.6 Å². The van der Waals surface area contributed by atoms with Gasteiger partial charge in [-0.1, -0.05) is 6.92 Å². The van der Waals surface area contributed by atoms with Crippen molar-refractivity contribution in [1.29, 1.82) is 0 Å². The molecule has 0 aliphatic carbocycles. The highest BCUT2D eigenvalue weighted by molar-refractivity contribution is 5.71. The standard InChI is InChI=1S/C11H23NO4/c1-3-5-12(6-8-15-9-7-13)10-11(14)16-4-2/h13H,3-10H2,1-2H3. The third-order valence-electron chi connectivity index (χ3n) is 1.99. The SMILES string of the molecule is CCCN(CCOCCO)CC(=O)OCC. The van der Waals surface area contributed by atoms with Crippen LogP contribution in [0.15, 0.2) is 0 Å². The van der Waals surface area contributed by atoms with Gasteiger partial charge in [-0.05, 0) is 19.9 Å². The van der Waals surface area contributed by atoms with Crippen LogP contribution < -0.4 is 0 Å². The van der Waals surface area contributed by atoms with E-state index < -0.39 is 0 Å². The van der Waals surface area contributed by atoms with Gasteiger partial charge >= 0.3 is 5.97 Å². The molecule has 1 N–H and O–H groups in total. The summed E-state index contributed by atoms with van der Waals surface area (Å²) >= 11 is 0. The maximum absolute atomic E-state index is 11.3. The van der Waals surface area contributed by atoms with Crippen molar-refractivity contribution < 1.29 is 19.4 Å². The lowest BCUT2D eigenvalue weighted by Gasteiger charge is -2.20. The Hall–Kier alpha value is -0.650. The number of esters is 1. The van der Waals surface area contributed by atoms with Crippen LogP contribution >= 0.6 is 0 Å². The minimum absolute atomic E-state index is 0.0334. The molecular formula is C11H23NO4. The quantitative estimate of drug-likeness (QED) is 0.433. The van der Waals surface area contributed by atoms with Crippen LogP contribution in [0.1, 0.15) is 20.3 Å². The van der Waals surface area contributed by atoms with Gasteiger partial charge in [-0.25, -0.2) is 0 Å². The van der Waals surface area contributed by atoms with Crippen LogP contribution in [0.2, 0.25) is 0 Å². The summed E-state index contributed by atoms with van der Waals surface area (Å²) in [4.78, 5) is 13.3.